The van der Waals surface area contributed by atoms with E-state index in [-0.39, 0.29) is 17.0 Å². The average Bonchev–Trinajstić information content (AvgIpc) is 2.50. The Labute approximate surface area is 137 Å². The molecule has 3 rings (SSSR count). The molecule has 2 aliphatic rings. The van der Waals surface area contributed by atoms with Gasteiger partial charge >= 0.3 is 0 Å². The summed E-state index contributed by atoms with van der Waals surface area (Å²) in [6.45, 7) is 9.26. The number of hydrogen-bond acceptors (Lipinski definition) is 5. The zero-order chi connectivity index (χ0) is 13.6. The highest BCUT2D eigenvalue weighted by Crippen LogP contribution is 2.09. The molecule has 0 bridgehead atoms. The molecule has 118 valence electrons. The predicted octanol–water partition coefficient (Wildman–Crippen LogP) is 1.32. The van der Waals surface area contributed by atoms with Crippen LogP contribution in [0.4, 0.5) is 0 Å². The van der Waals surface area contributed by atoms with Crippen molar-refractivity contribution in [3.8, 4) is 0 Å². The van der Waals surface area contributed by atoms with E-state index in [1.54, 1.807) is 0 Å². The first-order chi connectivity index (χ1) is 9.90. The number of aromatic nitrogens is 1. The van der Waals surface area contributed by atoms with Crippen molar-refractivity contribution in [2.45, 2.75) is 13.1 Å². The molecular weight excluding hydrogens is 334 g/mol. The molecule has 0 atom stereocenters. The van der Waals surface area contributed by atoms with Gasteiger partial charge in [-0.1, -0.05) is 6.07 Å². The lowest BCUT2D eigenvalue weighted by Gasteiger charge is -2.27. The molecule has 2 fully saturated rings. The van der Waals surface area contributed by atoms with Gasteiger partial charge in [-0.25, -0.2) is 0 Å². The first kappa shape index (κ1) is 16.8. The molecule has 21 heavy (non-hydrogen) atoms. The number of ether oxygens (including phenoxy) is 2. The van der Waals surface area contributed by atoms with Crippen molar-refractivity contribution in [1.82, 2.24) is 14.8 Å². The Morgan fingerprint density at radius 1 is 0.810 bits per heavy atom. The smallest absolute Gasteiger partial charge is 0.0594 e. The minimum absolute atomic E-state index is 0. The second-order valence-electron chi connectivity index (χ2n) is 5.40. The molecule has 5 nitrogen and oxygen atoms in total. The minimum atomic E-state index is 0. The maximum atomic E-state index is 5.38. The van der Waals surface area contributed by atoms with Crippen molar-refractivity contribution < 1.29 is 9.47 Å². The number of hydrogen-bond donors (Lipinski definition) is 0. The maximum Gasteiger partial charge on any atom is 0.0594 e. The summed E-state index contributed by atoms with van der Waals surface area (Å²) in [7, 11) is 0. The van der Waals surface area contributed by atoms with E-state index in [0.29, 0.717) is 0 Å². The van der Waals surface area contributed by atoms with Gasteiger partial charge in [0.05, 0.1) is 37.8 Å². The molecule has 1 aromatic heterocycles. The largest absolute Gasteiger partial charge is 0.379 e. The third kappa shape index (κ3) is 5.30. The van der Waals surface area contributed by atoms with Gasteiger partial charge in [-0.15, -0.1) is 17.0 Å². The summed E-state index contributed by atoms with van der Waals surface area (Å²) in [5.41, 5.74) is 2.33. The third-order valence-corrected chi connectivity index (χ3v) is 3.84. The van der Waals surface area contributed by atoms with Gasteiger partial charge in [-0.2, -0.15) is 0 Å². The molecule has 0 saturated carbocycles. The predicted molar refractivity (Wildman–Crippen MR) is 86.8 cm³/mol. The van der Waals surface area contributed by atoms with Gasteiger partial charge < -0.3 is 9.47 Å². The number of rotatable bonds is 4. The van der Waals surface area contributed by atoms with Crippen LogP contribution in [0.2, 0.25) is 0 Å². The topological polar surface area (TPSA) is 37.8 Å². The Balaban J connectivity index is 0.00000161. The molecule has 0 unspecified atom stereocenters. The normalized spacial score (nSPS) is 21.0. The van der Waals surface area contributed by atoms with Crippen molar-refractivity contribution in [1.29, 1.82) is 0 Å². The highest BCUT2D eigenvalue weighted by molar-refractivity contribution is 8.93. The van der Waals surface area contributed by atoms with Gasteiger partial charge in [0.15, 0.2) is 0 Å². The van der Waals surface area contributed by atoms with E-state index in [1.807, 2.05) is 0 Å². The first-order valence-corrected chi connectivity index (χ1v) is 7.45. The van der Waals surface area contributed by atoms with E-state index in [4.69, 9.17) is 14.5 Å². The minimum Gasteiger partial charge on any atom is -0.379 e. The lowest BCUT2D eigenvalue weighted by molar-refractivity contribution is 0.0323. The summed E-state index contributed by atoms with van der Waals surface area (Å²) in [4.78, 5) is 9.61. The number of morpholine rings is 2. The molecule has 2 saturated heterocycles. The fourth-order valence-corrected chi connectivity index (χ4v) is 2.68. The molecule has 1 aromatic rings. The molecule has 2 aliphatic heterocycles. The second-order valence-corrected chi connectivity index (χ2v) is 5.40. The number of halogens is 1. The summed E-state index contributed by atoms with van der Waals surface area (Å²) in [5.74, 6) is 0. The fourth-order valence-electron chi connectivity index (χ4n) is 2.68. The van der Waals surface area contributed by atoms with Gasteiger partial charge in [0.25, 0.3) is 0 Å². The average molecular weight is 358 g/mol. The van der Waals surface area contributed by atoms with Crippen LogP contribution in [0.5, 0.6) is 0 Å². The van der Waals surface area contributed by atoms with E-state index < -0.39 is 0 Å². The van der Waals surface area contributed by atoms with Gasteiger partial charge in [0, 0.05) is 39.3 Å². The summed E-state index contributed by atoms with van der Waals surface area (Å²) >= 11 is 0. The van der Waals surface area contributed by atoms with Crippen LogP contribution in [0.25, 0.3) is 0 Å². The zero-order valence-electron chi connectivity index (χ0n) is 12.4. The van der Waals surface area contributed by atoms with Crippen LogP contribution >= 0.6 is 17.0 Å². The standard InChI is InChI=1S/C15H23N3O2.BrH/c1-2-14(12-17-4-8-19-9-5-17)16-15(3-1)13-18-6-10-20-11-7-18;/h1-3H,4-13H2;1H. The lowest BCUT2D eigenvalue weighted by Crippen LogP contribution is -2.36. The quantitative estimate of drug-likeness (QED) is 0.812. The molecule has 0 amide bonds. The summed E-state index contributed by atoms with van der Waals surface area (Å²) < 4.78 is 10.8. The molecule has 0 N–H and O–H groups in total. The van der Waals surface area contributed by atoms with E-state index in [9.17, 15) is 0 Å². The van der Waals surface area contributed by atoms with Crippen LogP contribution in [0, 0.1) is 0 Å². The van der Waals surface area contributed by atoms with E-state index >= 15 is 0 Å². The maximum absolute atomic E-state index is 5.38. The lowest BCUT2D eigenvalue weighted by atomic mass is 10.2. The first-order valence-electron chi connectivity index (χ1n) is 7.45. The van der Waals surface area contributed by atoms with Crippen LogP contribution in [-0.2, 0) is 22.6 Å². The molecule has 0 aromatic carbocycles. The molecule has 3 heterocycles. The number of nitrogens with zero attached hydrogens (tertiary/aromatic N) is 3. The Bertz CT molecular complexity index is 386. The van der Waals surface area contributed by atoms with Crippen molar-refractivity contribution in [3.05, 3.63) is 29.6 Å². The van der Waals surface area contributed by atoms with Crippen LogP contribution < -0.4 is 0 Å². The van der Waals surface area contributed by atoms with Gasteiger partial charge in [0.2, 0.25) is 0 Å². The Morgan fingerprint density at radius 3 is 1.67 bits per heavy atom. The van der Waals surface area contributed by atoms with Crippen LogP contribution in [0.15, 0.2) is 18.2 Å². The van der Waals surface area contributed by atoms with E-state index in [1.165, 1.54) is 0 Å². The monoisotopic (exact) mass is 357 g/mol. The Hall–Kier alpha value is -0.530. The van der Waals surface area contributed by atoms with E-state index in [2.05, 4.69) is 28.0 Å². The van der Waals surface area contributed by atoms with Crippen LogP contribution in [-0.4, -0.2) is 67.4 Å². The zero-order valence-corrected chi connectivity index (χ0v) is 14.1. The third-order valence-electron chi connectivity index (χ3n) is 3.84. The molecule has 6 heteroatoms. The van der Waals surface area contributed by atoms with Crippen molar-refractivity contribution >= 4 is 17.0 Å². The summed E-state index contributed by atoms with van der Waals surface area (Å²) in [6.07, 6.45) is 0. The fraction of sp³-hybridized carbons (Fsp3) is 0.667. The van der Waals surface area contributed by atoms with Crippen molar-refractivity contribution in [3.63, 3.8) is 0 Å². The highest BCUT2D eigenvalue weighted by Gasteiger charge is 2.13. The SMILES string of the molecule is Br.c1cc(CN2CCOCC2)nc(CN2CCOCC2)c1. The summed E-state index contributed by atoms with van der Waals surface area (Å²) in [6, 6.07) is 6.37. The second kappa shape index (κ2) is 8.80. The van der Waals surface area contributed by atoms with Crippen molar-refractivity contribution in [2.75, 3.05) is 52.6 Å². The molecule has 0 radical (unpaired) electrons. The Kier molecular flexibility index (Phi) is 7.06. The molecule has 0 aliphatic carbocycles. The Morgan fingerprint density at radius 2 is 1.24 bits per heavy atom. The summed E-state index contributed by atoms with van der Waals surface area (Å²) in [5, 5.41) is 0. The van der Waals surface area contributed by atoms with Gasteiger partial charge in [0.1, 0.15) is 0 Å². The van der Waals surface area contributed by atoms with Crippen LogP contribution in [0.1, 0.15) is 11.4 Å². The van der Waals surface area contributed by atoms with Crippen molar-refractivity contribution in [2.24, 2.45) is 0 Å². The van der Waals surface area contributed by atoms with Crippen LogP contribution in [0.3, 0.4) is 0 Å². The van der Waals surface area contributed by atoms with E-state index in [0.717, 1.165) is 77.1 Å². The molecular formula is C15H24BrN3O2. The van der Waals surface area contributed by atoms with Gasteiger partial charge in [-0.3, -0.25) is 14.8 Å². The van der Waals surface area contributed by atoms with Gasteiger partial charge in [-0.05, 0) is 12.1 Å². The molecule has 0 spiro atoms. The number of pyridine rings is 1. The highest BCUT2D eigenvalue weighted by atomic mass is 79.9.